The number of hydrogen-bond donors (Lipinski definition) is 0. The summed E-state index contributed by atoms with van der Waals surface area (Å²) >= 11 is 0. The van der Waals surface area contributed by atoms with E-state index >= 15 is 0 Å². The van der Waals surface area contributed by atoms with Crippen LogP contribution in [0.2, 0.25) is 0 Å². The summed E-state index contributed by atoms with van der Waals surface area (Å²) in [5, 5.41) is 5.64. The van der Waals surface area contributed by atoms with Gasteiger partial charge in [0, 0.05) is 17.8 Å². The van der Waals surface area contributed by atoms with Crippen LogP contribution in [0, 0.1) is 12.8 Å². The van der Waals surface area contributed by atoms with Crippen molar-refractivity contribution in [3.8, 4) is 0 Å². The van der Waals surface area contributed by atoms with Gasteiger partial charge in [-0.15, -0.1) is 0 Å². The average molecular weight is 202 g/mol. The zero-order chi connectivity index (χ0) is 10.3. The van der Waals surface area contributed by atoms with Crippen LogP contribution >= 0.6 is 0 Å². The second kappa shape index (κ2) is 3.35. The molecule has 0 N–H and O–H groups in total. The molecule has 0 bridgehead atoms. The Morgan fingerprint density at radius 1 is 1.47 bits per heavy atom. The first-order valence-electron chi connectivity index (χ1n) is 5.33. The number of ether oxygens (including phenoxy) is 1. The summed E-state index contributed by atoms with van der Waals surface area (Å²) in [6.45, 7) is 4.86. The number of nitrogens with zero attached hydrogens (tertiary/aromatic N) is 2. The van der Waals surface area contributed by atoms with Crippen LogP contribution in [0.5, 0.6) is 0 Å². The quantitative estimate of drug-likeness (QED) is 0.744. The number of aryl methyl sites for hydroxylation is 1. The monoisotopic (exact) mass is 202 g/mol. The molecule has 0 atom stereocenters. The SMILES string of the molecule is Cc1ccc2cnn(CC3COC3)c2c1. The molecule has 1 aliphatic rings. The summed E-state index contributed by atoms with van der Waals surface area (Å²) in [5.74, 6) is 0.647. The Morgan fingerprint density at radius 3 is 3.07 bits per heavy atom. The van der Waals surface area contributed by atoms with Crippen LogP contribution in [0.1, 0.15) is 5.56 Å². The van der Waals surface area contributed by atoms with Crippen molar-refractivity contribution in [1.82, 2.24) is 9.78 Å². The molecule has 0 aliphatic carbocycles. The second-order valence-corrected chi connectivity index (χ2v) is 4.29. The first-order chi connectivity index (χ1) is 7.33. The van der Waals surface area contributed by atoms with E-state index in [4.69, 9.17) is 4.74 Å². The molecule has 15 heavy (non-hydrogen) atoms. The molecule has 78 valence electrons. The van der Waals surface area contributed by atoms with Crippen LogP contribution in [0.4, 0.5) is 0 Å². The topological polar surface area (TPSA) is 27.1 Å². The van der Waals surface area contributed by atoms with Crippen LogP contribution in [-0.2, 0) is 11.3 Å². The summed E-state index contributed by atoms with van der Waals surface area (Å²) < 4.78 is 7.27. The predicted molar refractivity (Wildman–Crippen MR) is 58.8 cm³/mol. The molecule has 2 aromatic rings. The Bertz CT molecular complexity index is 485. The first kappa shape index (κ1) is 8.92. The maximum atomic E-state index is 5.18. The van der Waals surface area contributed by atoms with Gasteiger partial charge in [-0.3, -0.25) is 4.68 Å². The van der Waals surface area contributed by atoms with E-state index in [0.717, 1.165) is 19.8 Å². The summed E-state index contributed by atoms with van der Waals surface area (Å²) in [6, 6.07) is 6.45. The molecule has 1 aromatic heterocycles. The lowest BCUT2D eigenvalue weighted by Crippen LogP contribution is -2.31. The minimum atomic E-state index is 0.647. The van der Waals surface area contributed by atoms with Crippen molar-refractivity contribution in [2.45, 2.75) is 13.5 Å². The molecular weight excluding hydrogens is 188 g/mol. The van der Waals surface area contributed by atoms with Gasteiger partial charge in [-0.1, -0.05) is 12.1 Å². The highest BCUT2D eigenvalue weighted by molar-refractivity contribution is 5.79. The van der Waals surface area contributed by atoms with Crippen molar-refractivity contribution in [3.05, 3.63) is 30.0 Å². The number of rotatable bonds is 2. The molecule has 1 fully saturated rings. The molecule has 0 radical (unpaired) electrons. The van der Waals surface area contributed by atoms with Gasteiger partial charge in [0.1, 0.15) is 0 Å². The van der Waals surface area contributed by atoms with Gasteiger partial charge < -0.3 is 4.74 Å². The maximum absolute atomic E-state index is 5.18. The van der Waals surface area contributed by atoms with E-state index in [2.05, 4.69) is 34.9 Å². The third-order valence-corrected chi connectivity index (χ3v) is 2.94. The van der Waals surface area contributed by atoms with Gasteiger partial charge in [-0.25, -0.2) is 0 Å². The third-order valence-electron chi connectivity index (χ3n) is 2.94. The smallest absolute Gasteiger partial charge is 0.0685 e. The zero-order valence-electron chi connectivity index (χ0n) is 8.81. The molecule has 1 aromatic carbocycles. The van der Waals surface area contributed by atoms with Crippen molar-refractivity contribution < 1.29 is 4.74 Å². The maximum Gasteiger partial charge on any atom is 0.0685 e. The van der Waals surface area contributed by atoms with E-state index in [1.807, 2.05) is 6.20 Å². The van der Waals surface area contributed by atoms with Gasteiger partial charge in [-0.05, 0) is 18.6 Å². The lowest BCUT2D eigenvalue weighted by molar-refractivity contribution is -0.0403. The molecule has 2 heterocycles. The first-order valence-corrected chi connectivity index (χ1v) is 5.33. The van der Waals surface area contributed by atoms with E-state index < -0.39 is 0 Å². The Hall–Kier alpha value is -1.35. The summed E-state index contributed by atoms with van der Waals surface area (Å²) in [7, 11) is 0. The van der Waals surface area contributed by atoms with Crippen molar-refractivity contribution in [1.29, 1.82) is 0 Å². The summed E-state index contributed by atoms with van der Waals surface area (Å²) in [5.41, 5.74) is 2.52. The Morgan fingerprint density at radius 2 is 2.33 bits per heavy atom. The second-order valence-electron chi connectivity index (χ2n) is 4.29. The molecule has 0 amide bonds. The fourth-order valence-corrected chi connectivity index (χ4v) is 1.96. The number of benzene rings is 1. The van der Waals surface area contributed by atoms with Gasteiger partial charge in [0.25, 0.3) is 0 Å². The largest absolute Gasteiger partial charge is 0.381 e. The zero-order valence-corrected chi connectivity index (χ0v) is 8.81. The molecule has 3 nitrogen and oxygen atoms in total. The lowest BCUT2D eigenvalue weighted by Gasteiger charge is -2.25. The molecule has 0 unspecified atom stereocenters. The van der Waals surface area contributed by atoms with Crippen molar-refractivity contribution in [2.24, 2.45) is 5.92 Å². The van der Waals surface area contributed by atoms with Crippen LogP contribution in [0.15, 0.2) is 24.4 Å². The van der Waals surface area contributed by atoms with E-state index in [0.29, 0.717) is 5.92 Å². The standard InChI is InChI=1S/C12H14N2O/c1-9-2-3-11-5-13-14(12(11)4-9)6-10-7-15-8-10/h2-5,10H,6-8H2,1H3. The van der Waals surface area contributed by atoms with Gasteiger partial charge in [0.05, 0.1) is 24.9 Å². The normalized spacial score (nSPS) is 16.9. The lowest BCUT2D eigenvalue weighted by atomic mass is 10.1. The summed E-state index contributed by atoms with van der Waals surface area (Å²) in [4.78, 5) is 0. The van der Waals surface area contributed by atoms with E-state index in [1.165, 1.54) is 16.5 Å². The minimum Gasteiger partial charge on any atom is -0.381 e. The minimum absolute atomic E-state index is 0.647. The number of aromatic nitrogens is 2. The van der Waals surface area contributed by atoms with Gasteiger partial charge >= 0.3 is 0 Å². The fourth-order valence-electron chi connectivity index (χ4n) is 1.96. The molecule has 3 heteroatoms. The Labute approximate surface area is 88.7 Å². The Kier molecular flexibility index (Phi) is 1.99. The summed E-state index contributed by atoms with van der Waals surface area (Å²) in [6.07, 6.45) is 1.94. The number of hydrogen-bond acceptors (Lipinski definition) is 2. The van der Waals surface area contributed by atoms with E-state index in [9.17, 15) is 0 Å². The fraction of sp³-hybridized carbons (Fsp3) is 0.417. The highest BCUT2D eigenvalue weighted by atomic mass is 16.5. The molecule has 0 saturated carbocycles. The molecule has 0 spiro atoms. The predicted octanol–water partition coefficient (Wildman–Crippen LogP) is 1.99. The Balaban J connectivity index is 1.98. The van der Waals surface area contributed by atoms with Gasteiger partial charge in [0.2, 0.25) is 0 Å². The number of fused-ring (bicyclic) bond motifs is 1. The van der Waals surface area contributed by atoms with Crippen LogP contribution in [-0.4, -0.2) is 23.0 Å². The van der Waals surface area contributed by atoms with E-state index in [1.54, 1.807) is 0 Å². The molecule has 1 aliphatic heterocycles. The van der Waals surface area contributed by atoms with Crippen molar-refractivity contribution >= 4 is 10.9 Å². The molecule has 3 rings (SSSR count). The van der Waals surface area contributed by atoms with Gasteiger partial charge in [-0.2, -0.15) is 5.10 Å². The highest BCUT2D eigenvalue weighted by Crippen LogP contribution is 2.19. The molecule has 1 saturated heterocycles. The van der Waals surface area contributed by atoms with Crippen molar-refractivity contribution in [3.63, 3.8) is 0 Å². The molecular formula is C12H14N2O. The highest BCUT2D eigenvalue weighted by Gasteiger charge is 2.19. The van der Waals surface area contributed by atoms with Crippen LogP contribution in [0.3, 0.4) is 0 Å². The van der Waals surface area contributed by atoms with Crippen LogP contribution in [0.25, 0.3) is 10.9 Å². The third kappa shape index (κ3) is 1.53. The van der Waals surface area contributed by atoms with Crippen LogP contribution < -0.4 is 0 Å². The van der Waals surface area contributed by atoms with E-state index in [-0.39, 0.29) is 0 Å². The average Bonchev–Trinajstić information content (AvgIpc) is 2.54. The van der Waals surface area contributed by atoms with Crippen molar-refractivity contribution in [2.75, 3.05) is 13.2 Å². The van der Waals surface area contributed by atoms with Gasteiger partial charge in [0.15, 0.2) is 0 Å².